The molecule has 4 rings (SSSR count). The number of hydrogen-bond donors (Lipinski definition) is 2. The molecule has 5 nitrogen and oxygen atoms in total. The Hall–Kier alpha value is -3.02. The molecule has 2 N–H and O–H groups in total. The van der Waals surface area contributed by atoms with Gasteiger partial charge in [0.15, 0.2) is 0 Å². The van der Waals surface area contributed by atoms with Crippen LogP contribution in [0.3, 0.4) is 0 Å². The first-order valence-electron chi connectivity index (χ1n) is 11.8. The number of fused-ring (bicyclic) bond motifs is 1. The number of aryl methyl sites for hydroxylation is 1. The van der Waals surface area contributed by atoms with E-state index in [-0.39, 0.29) is 6.61 Å². The number of nitrogens with zero attached hydrogens (tertiary/aromatic N) is 1. The van der Waals surface area contributed by atoms with Crippen molar-refractivity contribution in [3.05, 3.63) is 89.5 Å². The summed E-state index contributed by atoms with van der Waals surface area (Å²) in [5.41, 5.74) is 5.18. The summed E-state index contributed by atoms with van der Waals surface area (Å²) in [6, 6.07) is 25.0. The summed E-state index contributed by atoms with van der Waals surface area (Å²) >= 11 is 0. The summed E-state index contributed by atoms with van der Waals surface area (Å²) in [6.45, 7) is 3.59. The molecule has 0 spiro atoms. The van der Waals surface area contributed by atoms with Crippen LogP contribution in [-0.4, -0.2) is 44.6 Å². The summed E-state index contributed by atoms with van der Waals surface area (Å²) in [5, 5.41) is 13.6. The normalized spacial score (nSPS) is 13.9. The molecule has 0 saturated carbocycles. The highest BCUT2D eigenvalue weighted by Crippen LogP contribution is 2.31. The standard InChI is InChI=1S/C28H34N2O3/c1-32-26-11-9-22(10-12-26)15-16-29-19-25(31)21-33-27-13-14-28-24(18-27)8-5-17-30(28)20-23-6-3-2-4-7-23/h2-4,6-7,9-14,18,25,29,31H,5,8,15-17,19-21H2,1H3. The van der Waals surface area contributed by atoms with Gasteiger partial charge < -0.3 is 24.8 Å². The summed E-state index contributed by atoms with van der Waals surface area (Å²) in [6.07, 6.45) is 2.56. The lowest BCUT2D eigenvalue weighted by Crippen LogP contribution is -2.32. The van der Waals surface area contributed by atoms with Crippen LogP contribution >= 0.6 is 0 Å². The molecule has 1 atom stereocenters. The number of anilines is 1. The molecule has 0 aliphatic carbocycles. The predicted octanol–water partition coefficient (Wildman–Crippen LogP) is 4.22. The van der Waals surface area contributed by atoms with Crippen LogP contribution in [0.1, 0.15) is 23.1 Å². The monoisotopic (exact) mass is 446 g/mol. The van der Waals surface area contributed by atoms with E-state index in [1.807, 2.05) is 18.2 Å². The molecule has 0 radical (unpaired) electrons. The fourth-order valence-corrected chi connectivity index (χ4v) is 4.25. The van der Waals surface area contributed by atoms with Gasteiger partial charge in [0, 0.05) is 25.3 Å². The first kappa shape index (κ1) is 23.1. The van der Waals surface area contributed by atoms with Crippen LogP contribution in [0, 0.1) is 0 Å². The molecule has 1 heterocycles. The Morgan fingerprint density at radius 1 is 0.970 bits per heavy atom. The van der Waals surface area contributed by atoms with Crippen molar-refractivity contribution in [2.75, 3.05) is 38.3 Å². The third-order valence-corrected chi connectivity index (χ3v) is 6.05. The van der Waals surface area contributed by atoms with Crippen LogP contribution in [-0.2, 0) is 19.4 Å². The number of aliphatic hydroxyl groups excluding tert-OH is 1. The van der Waals surface area contributed by atoms with Gasteiger partial charge in [-0.2, -0.15) is 0 Å². The lowest BCUT2D eigenvalue weighted by atomic mass is 10.0. The molecular weight excluding hydrogens is 412 g/mol. The second-order valence-electron chi connectivity index (χ2n) is 8.57. The number of nitrogens with one attached hydrogen (secondary N) is 1. The minimum absolute atomic E-state index is 0.280. The lowest BCUT2D eigenvalue weighted by Gasteiger charge is -2.31. The number of ether oxygens (including phenoxy) is 2. The van der Waals surface area contributed by atoms with E-state index in [0.29, 0.717) is 6.54 Å². The zero-order valence-corrected chi connectivity index (χ0v) is 19.4. The van der Waals surface area contributed by atoms with E-state index in [0.717, 1.165) is 50.4 Å². The maximum atomic E-state index is 10.3. The molecule has 1 aliphatic heterocycles. The molecular formula is C28H34N2O3. The van der Waals surface area contributed by atoms with Gasteiger partial charge in [-0.1, -0.05) is 42.5 Å². The molecule has 0 bridgehead atoms. The largest absolute Gasteiger partial charge is 0.497 e. The molecule has 0 amide bonds. The highest BCUT2D eigenvalue weighted by atomic mass is 16.5. The summed E-state index contributed by atoms with van der Waals surface area (Å²) < 4.78 is 11.1. The van der Waals surface area contributed by atoms with E-state index < -0.39 is 6.10 Å². The van der Waals surface area contributed by atoms with Gasteiger partial charge in [-0.25, -0.2) is 0 Å². The maximum Gasteiger partial charge on any atom is 0.119 e. The van der Waals surface area contributed by atoms with Crippen molar-refractivity contribution in [3.8, 4) is 11.5 Å². The van der Waals surface area contributed by atoms with Crippen molar-refractivity contribution in [2.45, 2.75) is 31.9 Å². The van der Waals surface area contributed by atoms with Crippen LogP contribution in [0.25, 0.3) is 0 Å². The molecule has 33 heavy (non-hydrogen) atoms. The average Bonchev–Trinajstić information content (AvgIpc) is 2.86. The fourth-order valence-electron chi connectivity index (χ4n) is 4.25. The zero-order chi connectivity index (χ0) is 22.9. The minimum Gasteiger partial charge on any atom is -0.497 e. The third kappa shape index (κ3) is 6.73. The molecule has 0 aromatic heterocycles. The van der Waals surface area contributed by atoms with Crippen molar-refractivity contribution in [1.82, 2.24) is 5.32 Å². The molecule has 3 aromatic carbocycles. The van der Waals surface area contributed by atoms with Crippen molar-refractivity contribution in [1.29, 1.82) is 0 Å². The smallest absolute Gasteiger partial charge is 0.119 e. The second kappa shape index (κ2) is 11.7. The number of aliphatic hydroxyl groups is 1. The van der Waals surface area contributed by atoms with Crippen molar-refractivity contribution in [3.63, 3.8) is 0 Å². The van der Waals surface area contributed by atoms with Gasteiger partial charge in [-0.05, 0) is 72.8 Å². The number of benzene rings is 3. The molecule has 3 aromatic rings. The van der Waals surface area contributed by atoms with E-state index in [9.17, 15) is 5.11 Å². The Bertz CT molecular complexity index is 992. The van der Waals surface area contributed by atoms with Crippen molar-refractivity contribution >= 4 is 5.69 Å². The maximum absolute atomic E-state index is 10.3. The highest BCUT2D eigenvalue weighted by molar-refractivity contribution is 5.58. The van der Waals surface area contributed by atoms with Crippen LogP contribution < -0.4 is 19.7 Å². The first-order chi connectivity index (χ1) is 16.2. The van der Waals surface area contributed by atoms with Crippen molar-refractivity contribution < 1.29 is 14.6 Å². The quantitative estimate of drug-likeness (QED) is 0.432. The number of methoxy groups -OCH3 is 1. The Balaban J connectivity index is 1.21. The van der Waals surface area contributed by atoms with Gasteiger partial charge >= 0.3 is 0 Å². The highest BCUT2D eigenvalue weighted by Gasteiger charge is 2.18. The Kier molecular flexibility index (Phi) is 8.23. The first-order valence-corrected chi connectivity index (χ1v) is 11.8. The summed E-state index contributed by atoms with van der Waals surface area (Å²) in [7, 11) is 1.67. The van der Waals surface area contributed by atoms with Gasteiger partial charge in [0.1, 0.15) is 24.2 Å². The topological polar surface area (TPSA) is 54.0 Å². The molecule has 1 unspecified atom stereocenters. The molecule has 0 fully saturated rings. The summed E-state index contributed by atoms with van der Waals surface area (Å²) in [4.78, 5) is 2.44. The molecule has 5 heteroatoms. The number of hydrogen-bond acceptors (Lipinski definition) is 5. The molecule has 174 valence electrons. The lowest BCUT2D eigenvalue weighted by molar-refractivity contribution is 0.106. The van der Waals surface area contributed by atoms with E-state index in [4.69, 9.17) is 9.47 Å². The Morgan fingerprint density at radius 2 is 1.76 bits per heavy atom. The zero-order valence-electron chi connectivity index (χ0n) is 19.4. The van der Waals surface area contributed by atoms with Crippen LogP contribution in [0.15, 0.2) is 72.8 Å². The second-order valence-corrected chi connectivity index (χ2v) is 8.57. The summed E-state index contributed by atoms with van der Waals surface area (Å²) in [5.74, 6) is 1.69. The van der Waals surface area contributed by atoms with Gasteiger partial charge in [-0.15, -0.1) is 0 Å². The van der Waals surface area contributed by atoms with Crippen molar-refractivity contribution in [2.24, 2.45) is 0 Å². The molecule has 1 aliphatic rings. The van der Waals surface area contributed by atoms with Gasteiger partial charge in [0.25, 0.3) is 0 Å². The third-order valence-electron chi connectivity index (χ3n) is 6.05. The van der Waals surface area contributed by atoms with Gasteiger partial charge in [0.05, 0.1) is 7.11 Å². The van der Waals surface area contributed by atoms with Gasteiger partial charge in [-0.3, -0.25) is 0 Å². The minimum atomic E-state index is -0.550. The fraction of sp³-hybridized carbons (Fsp3) is 0.357. The van der Waals surface area contributed by atoms with E-state index in [2.05, 4.69) is 64.8 Å². The van der Waals surface area contributed by atoms with Gasteiger partial charge in [0.2, 0.25) is 0 Å². The van der Waals surface area contributed by atoms with E-state index >= 15 is 0 Å². The average molecular weight is 447 g/mol. The Labute approximate surface area is 197 Å². The SMILES string of the molecule is COc1ccc(CCNCC(O)COc2ccc3c(c2)CCCN3Cc2ccccc2)cc1. The van der Waals surface area contributed by atoms with E-state index in [1.165, 1.54) is 22.4 Å². The predicted molar refractivity (Wildman–Crippen MR) is 133 cm³/mol. The van der Waals surface area contributed by atoms with E-state index in [1.54, 1.807) is 7.11 Å². The number of rotatable bonds is 11. The van der Waals surface area contributed by atoms with Crippen LogP contribution in [0.5, 0.6) is 11.5 Å². The van der Waals surface area contributed by atoms with Crippen LogP contribution in [0.2, 0.25) is 0 Å². The Morgan fingerprint density at radius 3 is 2.55 bits per heavy atom. The molecule has 0 saturated heterocycles. The van der Waals surface area contributed by atoms with Crippen LogP contribution in [0.4, 0.5) is 5.69 Å².